The molecule has 0 aromatic heterocycles. The molecule has 0 unspecified atom stereocenters. The molecule has 0 bridgehead atoms. The molecule has 136 valence electrons. The van der Waals surface area contributed by atoms with Gasteiger partial charge in [0.25, 0.3) is 5.91 Å². The average Bonchev–Trinajstić information content (AvgIpc) is 3.20. The highest BCUT2D eigenvalue weighted by Crippen LogP contribution is 2.16. The molecule has 1 aliphatic heterocycles. The van der Waals surface area contributed by atoms with E-state index in [9.17, 15) is 9.59 Å². The Morgan fingerprint density at radius 1 is 1.04 bits per heavy atom. The van der Waals surface area contributed by atoms with Gasteiger partial charge in [0.15, 0.2) is 0 Å². The van der Waals surface area contributed by atoms with E-state index < -0.39 is 0 Å². The molecule has 1 aliphatic rings. The minimum absolute atomic E-state index is 0.0503. The maximum absolute atomic E-state index is 12.4. The zero-order valence-corrected chi connectivity index (χ0v) is 15.3. The molecule has 0 saturated carbocycles. The Balaban J connectivity index is 1.51. The molecule has 0 aliphatic carbocycles. The van der Waals surface area contributed by atoms with E-state index in [2.05, 4.69) is 10.6 Å². The van der Waals surface area contributed by atoms with Crippen LogP contribution in [0.1, 0.15) is 28.8 Å². The Labute approximate surface area is 158 Å². The summed E-state index contributed by atoms with van der Waals surface area (Å²) in [6.07, 6.45) is 2.13. The van der Waals surface area contributed by atoms with Crippen LogP contribution in [-0.4, -0.2) is 36.3 Å². The zero-order chi connectivity index (χ0) is 18.4. The van der Waals surface area contributed by atoms with Crippen LogP contribution >= 0.6 is 11.6 Å². The number of hydrogen-bond acceptors (Lipinski definition) is 3. The molecule has 1 saturated heterocycles. The smallest absolute Gasteiger partial charge is 0.253 e. The summed E-state index contributed by atoms with van der Waals surface area (Å²) in [5, 5.41) is 6.53. The van der Waals surface area contributed by atoms with Crippen molar-refractivity contribution in [2.45, 2.75) is 19.4 Å². The number of rotatable bonds is 6. The number of nitrogens with one attached hydrogen (secondary N) is 2. The van der Waals surface area contributed by atoms with Crippen molar-refractivity contribution >= 4 is 29.1 Å². The number of benzene rings is 2. The Morgan fingerprint density at radius 2 is 1.81 bits per heavy atom. The number of carbonyl (C=O) groups is 2. The first-order chi connectivity index (χ1) is 12.6. The fraction of sp³-hybridized carbons (Fsp3) is 0.300. The van der Waals surface area contributed by atoms with Crippen molar-refractivity contribution in [2.24, 2.45) is 0 Å². The molecule has 5 nitrogen and oxygen atoms in total. The van der Waals surface area contributed by atoms with Crippen molar-refractivity contribution < 1.29 is 9.59 Å². The van der Waals surface area contributed by atoms with E-state index in [0.717, 1.165) is 37.2 Å². The summed E-state index contributed by atoms with van der Waals surface area (Å²) in [4.78, 5) is 26.3. The van der Waals surface area contributed by atoms with E-state index >= 15 is 0 Å². The predicted octanol–water partition coefficient (Wildman–Crippen LogP) is 3.30. The monoisotopic (exact) mass is 371 g/mol. The third-order valence-corrected chi connectivity index (χ3v) is 4.76. The van der Waals surface area contributed by atoms with Crippen molar-refractivity contribution in [1.29, 1.82) is 0 Å². The van der Waals surface area contributed by atoms with Crippen LogP contribution in [0.3, 0.4) is 0 Å². The first-order valence-corrected chi connectivity index (χ1v) is 9.14. The molecule has 0 atom stereocenters. The van der Waals surface area contributed by atoms with Gasteiger partial charge in [-0.3, -0.25) is 9.59 Å². The SMILES string of the molecule is O=C(CNc1cccc(C(=O)N2CCCC2)c1)NCc1ccccc1Cl. The highest BCUT2D eigenvalue weighted by atomic mass is 35.5. The van der Waals surface area contributed by atoms with Crippen LogP contribution in [0.4, 0.5) is 5.69 Å². The molecule has 2 N–H and O–H groups in total. The van der Waals surface area contributed by atoms with Crippen LogP contribution in [0.15, 0.2) is 48.5 Å². The Bertz CT molecular complexity index is 788. The quantitative estimate of drug-likeness (QED) is 0.819. The summed E-state index contributed by atoms with van der Waals surface area (Å²) >= 11 is 6.08. The third kappa shape index (κ3) is 4.76. The number of carbonyl (C=O) groups excluding carboxylic acids is 2. The second-order valence-electron chi connectivity index (χ2n) is 6.30. The molecule has 1 fully saturated rings. The third-order valence-electron chi connectivity index (χ3n) is 4.39. The average molecular weight is 372 g/mol. The molecule has 0 radical (unpaired) electrons. The summed E-state index contributed by atoms with van der Waals surface area (Å²) in [6, 6.07) is 14.7. The second kappa shape index (κ2) is 8.72. The lowest BCUT2D eigenvalue weighted by Crippen LogP contribution is -2.30. The molecule has 3 rings (SSSR count). The van der Waals surface area contributed by atoms with E-state index in [1.807, 2.05) is 41.3 Å². The summed E-state index contributed by atoms with van der Waals surface area (Å²) in [5.41, 5.74) is 2.28. The van der Waals surface area contributed by atoms with Gasteiger partial charge in [-0.05, 0) is 42.7 Å². The molecule has 1 heterocycles. The van der Waals surface area contributed by atoms with E-state index in [0.29, 0.717) is 17.1 Å². The lowest BCUT2D eigenvalue weighted by molar-refractivity contribution is -0.119. The number of likely N-dealkylation sites (tertiary alicyclic amines) is 1. The van der Waals surface area contributed by atoms with Crippen molar-refractivity contribution in [1.82, 2.24) is 10.2 Å². The predicted molar refractivity (Wildman–Crippen MR) is 103 cm³/mol. The van der Waals surface area contributed by atoms with Gasteiger partial charge in [-0.1, -0.05) is 35.9 Å². The molecular formula is C20H22ClN3O2. The van der Waals surface area contributed by atoms with Gasteiger partial charge in [-0.15, -0.1) is 0 Å². The number of halogens is 1. The van der Waals surface area contributed by atoms with Crippen LogP contribution in [-0.2, 0) is 11.3 Å². The standard InChI is InChI=1S/C20H22ClN3O2/c21-18-9-2-1-6-16(18)13-23-19(25)14-22-17-8-5-7-15(12-17)20(26)24-10-3-4-11-24/h1-2,5-9,12,22H,3-4,10-11,13-14H2,(H,23,25). The summed E-state index contributed by atoms with van der Waals surface area (Å²) in [6.45, 7) is 2.15. The molecular weight excluding hydrogens is 350 g/mol. The van der Waals surface area contributed by atoms with Gasteiger partial charge in [-0.25, -0.2) is 0 Å². The minimum Gasteiger partial charge on any atom is -0.376 e. The molecule has 26 heavy (non-hydrogen) atoms. The Kier molecular flexibility index (Phi) is 6.12. The Morgan fingerprint density at radius 3 is 2.58 bits per heavy atom. The van der Waals surface area contributed by atoms with Crippen LogP contribution in [0.2, 0.25) is 5.02 Å². The molecule has 2 amide bonds. The fourth-order valence-electron chi connectivity index (χ4n) is 2.95. The van der Waals surface area contributed by atoms with Gasteiger partial charge >= 0.3 is 0 Å². The fourth-order valence-corrected chi connectivity index (χ4v) is 3.15. The minimum atomic E-state index is -0.138. The van der Waals surface area contributed by atoms with Gasteiger partial charge in [0, 0.05) is 35.9 Å². The summed E-state index contributed by atoms with van der Waals surface area (Å²) in [7, 11) is 0. The van der Waals surface area contributed by atoms with Crippen molar-refractivity contribution in [3.8, 4) is 0 Å². The number of hydrogen-bond donors (Lipinski definition) is 2. The van der Waals surface area contributed by atoms with Crippen LogP contribution in [0.25, 0.3) is 0 Å². The molecule has 2 aromatic rings. The van der Waals surface area contributed by atoms with E-state index in [1.165, 1.54) is 0 Å². The maximum atomic E-state index is 12.4. The summed E-state index contributed by atoms with van der Waals surface area (Å²) in [5.74, 6) is -0.0875. The first kappa shape index (κ1) is 18.3. The molecule has 2 aromatic carbocycles. The van der Waals surface area contributed by atoms with E-state index in [4.69, 9.17) is 11.6 Å². The normalized spacial score (nSPS) is 13.5. The zero-order valence-electron chi connectivity index (χ0n) is 14.5. The van der Waals surface area contributed by atoms with Crippen molar-refractivity contribution in [3.63, 3.8) is 0 Å². The van der Waals surface area contributed by atoms with Crippen molar-refractivity contribution in [3.05, 3.63) is 64.7 Å². The highest BCUT2D eigenvalue weighted by Gasteiger charge is 2.19. The molecule has 0 spiro atoms. The van der Waals surface area contributed by atoms with E-state index in [-0.39, 0.29) is 18.4 Å². The van der Waals surface area contributed by atoms with Gasteiger partial charge in [0.1, 0.15) is 0 Å². The van der Waals surface area contributed by atoms with Crippen molar-refractivity contribution in [2.75, 3.05) is 25.0 Å². The highest BCUT2D eigenvalue weighted by molar-refractivity contribution is 6.31. The maximum Gasteiger partial charge on any atom is 0.253 e. The lowest BCUT2D eigenvalue weighted by atomic mass is 10.1. The number of nitrogens with zero attached hydrogens (tertiary/aromatic N) is 1. The van der Waals surface area contributed by atoms with Crippen LogP contribution < -0.4 is 10.6 Å². The van der Waals surface area contributed by atoms with E-state index in [1.54, 1.807) is 12.1 Å². The summed E-state index contributed by atoms with van der Waals surface area (Å²) < 4.78 is 0. The van der Waals surface area contributed by atoms with Crippen LogP contribution in [0, 0.1) is 0 Å². The van der Waals surface area contributed by atoms with Gasteiger partial charge < -0.3 is 15.5 Å². The topological polar surface area (TPSA) is 61.4 Å². The number of anilines is 1. The largest absolute Gasteiger partial charge is 0.376 e. The Hall–Kier alpha value is -2.53. The van der Waals surface area contributed by atoms with Gasteiger partial charge in [0.05, 0.1) is 6.54 Å². The van der Waals surface area contributed by atoms with Gasteiger partial charge in [-0.2, -0.15) is 0 Å². The first-order valence-electron chi connectivity index (χ1n) is 8.77. The second-order valence-corrected chi connectivity index (χ2v) is 6.71. The van der Waals surface area contributed by atoms with Gasteiger partial charge in [0.2, 0.25) is 5.91 Å². The molecule has 6 heteroatoms. The number of amides is 2. The lowest BCUT2D eigenvalue weighted by Gasteiger charge is -2.16. The van der Waals surface area contributed by atoms with Crippen LogP contribution in [0.5, 0.6) is 0 Å².